The first-order chi connectivity index (χ1) is 10.0. The molecule has 1 heterocycles. The molecule has 0 spiro atoms. The van der Waals surface area contributed by atoms with Gasteiger partial charge in [-0.25, -0.2) is 0 Å². The quantitative estimate of drug-likeness (QED) is 0.704. The van der Waals surface area contributed by atoms with Crippen molar-refractivity contribution in [3.05, 3.63) is 47.5 Å². The second-order valence-corrected chi connectivity index (χ2v) is 4.98. The number of aryl methyl sites for hydroxylation is 1. The highest BCUT2D eigenvalue weighted by atomic mass is 16.5. The van der Waals surface area contributed by atoms with Crippen LogP contribution in [0.25, 0.3) is 22.8 Å². The summed E-state index contributed by atoms with van der Waals surface area (Å²) in [6, 6.07) is 10.5. The Labute approximate surface area is 122 Å². The molecule has 3 rings (SSSR count). The van der Waals surface area contributed by atoms with Crippen LogP contribution in [0.3, 0.4) is 0 Å². The van der Waals surface area contributed by atoms with Crippen molar-refractivity contribution < 1.29 is 9.63 Å². The lowest BCUT2D eigenvalue weighted by molar-refractivity contribution is 0.432. The van der Waals surface area contributed by atoms with Crippen LogP contribution in [0.2, 0.25) is 0 Å². The molecular formula is C16H15N3O2. The molecule has 0 aliphatic heterocycles. The molecule has 0 unspecified atom stereocenters. The van der Waals surface area contributed by atoms with Gasteiger partial charge in [-0.2, -0.15) is 4.98 Å². The summed E-state index contributed by atoms with van der Waals surface area (Å²) in [4.78, 5) is 4.39. The number of nitrogens with two attached hydrogens (primary N) is 1. The van der Waals surface area contributed by atoms with Crippen LogP contribution >= 0.6 is 0 Å². The zero-order valence-electron chi connectivity index (χ0n) is 11.8. The van der Waals surface area contributed by atoms with E-state index in [9.17, 15) is 5.11 Å². The maximum atomic E-state index is 9.51. The molecule has 0 aliphatic rings. The van der Waals surface area contributed by atoms with Crippen molar-refractivity contribution in [3.63, 3.8) is 0 Å². The van der Waals surface area contributed by atoms with Gasteiger partial charge in [0.2, 0.25) is 5.82 Å². The molecular weight excluding hydrogens is 266 g/mol. The molecule has 0 fully saturated rings. The van der Waals surface area contributed by atoms with Crippen molar-refractivity contribution in [1.82, 2.24) is 10.1 Å². The van der Waals surface area contributed by atoms with Crippen molar-refractivity contribution in [1.29, 1.82) is 0 Å². The van der Waals surface area contributed by atoms with Crippen LogP contribution in [0.1, 0.15) is 11.1 Å². The number of phenolic OH excluding ortho intramolecular Hbond substituents is 1. The lowest BCUT2D eigenvalue weighted by Crippen LogP contribution is -1.93. The van der Waals surface area contributed by atoms with E-state index in [0.717, 1.165) is 16.7 Å². The zero-order chi connectivity index (χ0) is 15.0. The molecule has 0 saturated heterocycles. The first kappa shape index (κ1) is 13.2. The number of hydrogen-bond acceptors (Lipinski definition) is 5. The molecule has 3 N–H and O–H groups in total. The Morgan fingerprint density at radius 2 is 1.95 bits per heavy atom. The molecule has 0 atom stereocenters. The molecule has 0 amide bonds. The van der Waals surface area contributed by atoms with Gasteiger partial charge < -0.3 is 15.4 Å². The van der Waals surface area contributed by atoms with Crippen molar-refractivity contribution in [2.45, 2.75) is 13.8 Å². The number of nitrogens with zero attached hydrogens (tertiary/aromatic N) is 2. The van der Waals surface area contributed by atoms with Crippen LogP contribution in [-0.2, 0) is 0 Å². The number of phenols is 1. The Balaban J connectivity index is 2.07. The van der Waals surface area contributed by atoms with Crippen LogP contribution in [0.4, 0.5) is 5.69 Å². The van der Waals surface area contributed by atoms with Gasteiger partial charge in [0.25, 0.3) is 5.89 Å². The van der Waals surface area contributed by atoms with Crippen LogP contribution in [0.5, 0.6) is 5.75 Å². The highest BCUT2D eigenvalue weighted by Crippen LogP contribution is 2.29. The maximum Gasteiger partial charge on any atom is 0.258 e. The second-order valence-electron chi connectivity index (χ2n) is 4.98. The fourth-order valence-electron chi connectivity index (χ4n) is 2.20. The van der Waals surface area contributed by atoms with E-state index in [0.29, 0.717) is 23.0 Å². The van der Waals surface area contributed by atoms with Crippen LogP contribution in [0.15, 0.2) is 40.9 Å². The lowest BCUT2D eigenvalue weighted by Gasteiger charge is -2.06. The average Bonchev–Trinajstić information content (AvgIpc) is 2.92. The third-order valence-corrected chi connectivity index (χ3v) is 3.45. The zero-order valence-corrected chi connectivity index (χ0v) is 11.8. The summed E-state index contributed by atoms with van der Waals surface area (Å²) in [5, 5.41) is 13.5. The second kappa shape index (κ2) is 4.94. The number of aromatic nitrogens is 2. The molecule has 1 aromatic heterocycles. The molecule has 0 aliphatic carbocycles. The molecule has 0 bridgehead atoms. The van der Waals surface area contributed by atoms with E-state index in [1.165, 1.54) is 0 Å². The summed E-state index contributed by atoms with van der Waals surface area (Å²) >= 11 is 0. The normalized spacial score (nSPS) is 10.8. The van der Waals surface area contributed by atoms with Crippen LogP contribution < -0.4 is 5.73 Å². The van der Waals surface area contributed by atoms with Gasteiger partial charge in [0, 0.05) is 16.8 Å². The van der Waals surface area contributed by atoms with Crippen LogP contribution in [0, 0.1) is 13.8 Å². The number of rotatable bonds is 2. The fraction of sp³-hybridized carbons (Fsp3) is 0.125. The first-order valence-electron chi connectivity index (χ1n) is 6.55. The monoisotopic (exact) mass is 281 g/mol. The molecule has 5 nitrogen and oxygen atoms in total. The van der Waals surface area contributed by atoms with E-state index in [2.05, 4.69) is 10.1 Å². The van der Waals surface area contributed by atoms with Crippen molar-refractivity contribution in [3.8, 4) is 28.6 Å². The highest BCUT2D eigenvalue weighted by molar-refractivity contribution is 5.68. The molecule has 3 aromatic rings. The maximum absolute atomic E-state index is 9.51. The topological polar surface area (TPSA) is 85.2 Å². The number of anilines is 1. The molecule has 106 valence electrons. The first-order valence-corrected chi connectivity index (χ1v) is 6.55. The van der Waals surface area contributed by atoms with Gasteiger partial charge in [0.1, 0.15) is 5.75 Å². The molecule has 0 radical (unpaired) electrons. The van der Waals surface area contributed by atoms with Gasteiger partial charge in [-0.3, -0.25) is 0 Å². The van der Waals surface area contributed by atoms with E-state index >= 15 is 0 Å². The summed E-state index contributed by atoms with van der Waals surface area (Å²) in [6.45, 7) is 3.98. The number of hydrogen-bond donors (Lipinski definition) is 2. The number of benzene rings is 2. The van der Waals surface area contributed by atoms with Gasteiger partial charge in [0.05, 0.1) is 0 Å². The Morgan fingerprint density at radius 1 is 1.14 bits per heavy atom. The summed E-state index contributed by atoms with van der Waals surface area (Å²) in [5.41, 5.74) is 10.2. The van der Waals surface area contributed by atoms with E-state index in [1.54, 1.807) is 18.2 Å². The van der Waals surface area contributed by atoms with Gasteiger partial charge in [0.15, 0.2) is 0 Å². The van der Waals surface area contributed by atoms with E-state index in [-0.39, 0.29) is 5.75 Å². The largest absolute Gasteiger partial charge is 0.508 e. The minimum Gasteiger partial charge on any atom is -0.508 e. The third kappa shape index (κ3) is 2.45. The molecule has 2 aromatic carbocycles. The Kier molecular flexibility index (Phi) is 3.10. The van der Waals surface area contributed by atoms with Gasteiger partial charge in [-0.05, 0) is 49.2 Å². The van der Waals surface area contributed by atoms with Gasteiger partial charge >= 0.3 is 0 Å². The number of aromatic hydroxyl groups is 1. The van der Waals surface area contributed by atoms with Crippen molar-refractivity contribution in [2.24, 2.45) is 0 Å². The van der Waals surface area contributed by atoms with E-state index < -0.39 is 0 Å². The van der Waals surface area contributed by atoms with E-state index in [1.807, 2.05) is 32.0 Å². The molecule has 5 heteroatoms. The Bertz CT molecular complexity index is 809. The van der Waals surface area contributed by atoms with Crippen molar-refractivity contribution in [2.75, 3.05) is 5.73 Å². The van der Waals surface area contributed by atoms with Crippen LogP contribution in [-0.4, -0.2) is 15.2 Å². The lowest BCUT2D eigenvalue weighted by atomic mass is 10.0. The number of nitrogen functional groups attached to an aromatic ring is 1. The Hall–Kier alpha value is -2.82. The highest BCUT2D eigenvalue weighted by Gasteiger charge is 2.14. The predicted octanol–water partition coefficient (Wildman–Crippen LogP) is 3.31. The Morgan fingerprint density at radius 3 is 2.71 bits per heavy atom. The minimum atomic E-state index is 0.162. The summed E-state index contributed by atoms with van der Waals surface area (Å²) in [7, 11) is 0. The fourth-order valence-corrected chi connectivity index (χ4v) is 2.20. The minimum absolute atomic E-state index is 0.162. The van der Waals surface area contributed by atoms with E-state index in [4.69, 9.17) is 10.3 Å². The van der Waals surface area contributed by atoms with Crippen molar-refractivity contribution >= 4 is 5.69 Å². The smallest absolute Gasteiger partial charge is 0.258 e. The van der Waals surface area contributed by atoms with Gasteiger partial charge in [-0.1, -0.05) is 17.3 Å². The standard InChI is InChI=1S/C16H15N3O2/c1-9-6-12(17)8-14(10(9)2)16-18-15(19-21-16)11-4-3-5-13(20)7-11/h3-8,20H,17H2,1-2H3. The summed E-state index contributed by atoms with van der Waals surface area (Å²) in [6.07, 6.45) is 0. The average molecular weight is 281 g/mol. The SMILES string of the molecule is Cc1cc(N)cc(-c2nc(-c3cccc(O)c3)no2)c1C. The summed E-state index contributed by atoms with van der Waals surface area (Å²) in [5.74, 6) is 1.01. The van der Waals surface area contributed by atoms with Gasteiger partial charge in [-0.15, -0.1) is 0 Å². The third-order valence-electron chi connectivity index (χ3n) is 3.45. The molecule has 0 saturated carbocycles. The molecule has 21 heavy (non-hydrogen) atoms. The summed E-state index contributed by atoms with van der Waals surface area (Å²) < 4.78 is 5.34. The predicted molar refractivity (Wildman–Crippen MR) is 80.7 cm³/mol.